The quantitative estimate of drug-likeness (QED) is 0.761. The van der Waals surface area contributed by atoms with E-state index in [1.165, 1.54) is 13.2 Å². The van der Waals surface area contributed by atoms with Crippen LogP contribution >= 0.6 is 23.2 Å². The molecule has 0 aliphatic rings. The maximum atomic E-state index is 13.8. The highest BCUT2D eigenvalue weighted by Gasteiger charge is 2.13. The Balaban J connectivity index is 2.67. The van der Waals surface area contributed by atoms with Crippen LogP contribution in [0.3, 0.4) is 0 Å². The Morgan fingerprint density at radius 1 is 1.06 bits per heavy atom. The number of halogens is 3. The molecule has 0 heterocycles. The van der Waals surface area contributed by atoms with Gasteiger partial charge in [0.05, 0.1) is 12.1 Å². The second-order valence-electron chi connectivity index (χ2n) is 3.44. The van der Waals surface area contributed by atoms with Crippen LogP contribution < -0.4 is 4.74 Å². The minimum atomic E-state index is -0.410. The maximum absolute atomic E-state index is 13.8. The number of hydrogen-bond donors (Lipinski definition) is 0. The van der Waals surface area contributed by atoms with Gasteiger partial charge in [0.25, 0.3) is 0 Å². The van der Waals surface area contributed by atoms with Gasteiger partial charge in [-0.3, -0.25) is 0 Å². The molecule has 2 rings (SSSR count). The molecule has 2 aromatic rings. The standard InChI is InChI=1S/C13H9Cl2FO/c1-17-8-5-6-10(14)9(7-8)13-11(15)3-2-4-12(13)16/h2-7H,1H3. The fourth-order valence-corrected chi connectivity index (χ4v) is 2.05. The Morgan fingerprint density at radius 2 is 1.82 bits per heavy atom. The van der Waals surface area contributed by atoms with Gasteiger partial charge in [0.1, 0.15) is 11.6 Å². The molecule has 0 saturated carbocycles. The smallest absolute Gasteiger partial charge is 0.132 e. The van der Waals surface area contributed by atoms with E-state index in [1.54, 1.807) is 30.3 Å². The molecule has 0 fully saturated rings. The summed E-state index contributed by atoms with van der Waals surface area (Å²) in [6.07, 6.45) is 0. The molecule has 1 nitrogen and oxygen atoms in total. The lowest BCUT2D eigenvalue weighted by Gasteiger charge is -2.09. The lowest BCUT2D eigenvalue weighted by Crippen LogP contribution is -1.89. The molecule has 0 radical (unpaired) electrons. The van der Waals surface area contributed by atoms with Crippen molar-refractivity contribution < 1.29 is 9.13 Å². The molecular weight excluding hydrogens is 262 g/mol. The predicted octanol–water partition coefficient (Wildman–Crippen LogP) is 4.81. The van der Waals surface area contributed by atoms with Gasteiger partial charge in [-0.15, -0.1) is 0 Å². The molecule has 0 unspecified atom stereocenters. The van der Waals surface area contributed by atoms with E-state index in [-0.39, 0.29) is 5.56 Å². The zero-order valence-electron chi connectivity index (χ0n) is 9.01. The van der Waals surface area contributed by atoms with Crippen molar-refractivity contribution in [1.29, 1.82) is 0 Å². The van der Waals surface area contributed by atoms with E-state index in [4.69, 9.17) is 27.9 Å². The Kier molecular flexibility index (Phi) is 3.55. The fraction of sp³-hybridized carbons (Fsp3) is 0.0769. The molecule has 0 aliphatic heterocycles. The highest BCUT2D eigenvalue weighted by molar-refractivity contribution is 6.36. The number of hydrogen-bond acceptors (Lipinski definition) is 1. The van der Waals surface area contributed by atoms with Crippen molar-refractivity contribution in [2.45, 2.75) is 0 Å². The van der Waals surface area contributed by atoms with Crippen molar-refractivity contribution in [3.05, 3.63) is 52.3 Å². The first-order chi connectivity index (χ1) is 8.13. The van der Waals surface area contributed by atoms with Gasteiger partial charge in [-0.1, -0.05) is 29.3 Å². The van der Waals surface area contributed by atoms with E-state index in [2.05, 4.69) is 0 Å². The van der Waals surface area contributed by atoms with E-state index < -0.39 is 5.82 Å². The Morgan fingerprint density at radius 3 is 2.47 bits per heavy atom. The lowest BCUT2D eigenvalue weighted by molar-refractivity contribution is 0.415. The van der Waals surface area contributed by atoms with Gasteiger partial charge in [-0.25, -0.2) is 4.39 Å². The molecule has 0 spiro atoms. The number of benzene rings is 2. The Hall–Kier alpha value is -1.25. The van der Waals surface area contributed by atoms with Crippen LogP contribution in [0.2, 0.25) is 10.0 Å². The first kappa shape index (κ1) is 12.2. The van der Waals surface area contributed by atoms with Crippen molar-refractivity contribution in [2.75, 3.05) is 7.11 Å². The van der Waals surface area contributed by atoms with Crippen LogP contribution in [0.4, 0.5) is 4.39 Å². The van der Waals surface area contributed by atoms with Crippen LogP contribution in [0.25, 0.3) is 11.1 Å². The number of rotatable bonds is 2. The molecule has 88 valence electrons. The van der Waals surface area contributed by atoms with Gasteiger partial charge in [0.15, 0.2) is 0 Å². The zero-order valence-corrected chi connectivity index (χ0v) is 10.5. The second-order valence-corrected chi connectivity index (χ2v) is 4.26. The van der Waals surface area contributed by atoms with Crippen molar-refractivity contribution in [1.82, 2.24) is 0 Å². The normalized spacial score (nSPS) is 10.4. The lowest BCUT2D eigenvalue weighted by atomic mass is 10.0. The highest BCUT2D eigenvalue weighted by atomic mass is 35.5. The van der Waals surface area contributed by atoms with Gasteiger partial charge >= 0.3 is 0 Å². The minimum Gasteiger partial charge on any atom is -0.497 e. The summed E-state index contributed by atoms with van der Waals surface area (Å²) in [5.41, 5.74) is 0.812. The molecule has 0 amide bonds. The average molecular weight is 271 g/mol. The molecule has 0 aliphatic carbocycles. The van der Waals surface area contributed by atoms with Gasteiger partial charge in [0.2, 0.25) is 0 Å². The van der Waals surface area contributed by atoms with E-state index in [1.807, 2.05) is 0 Å². The summed E-state index contributed by atoms with van der Waals surface area (Å²) in [7, 11) is 1.54. The van der Waals surface area contributed by atoms with Crippen LogP contribution in [0.15, 0.2) is 36.4 Å². The monoisotopic (exact) mass is 270 g/mol. The molecule has 4 heteroatoms. The van der Waals surface area contributed by atoms with Gasteiger partial charge < -0.3 is 4.74 Å². The summed E-state index contributed by atoms with van der Waals surface area (Å²) in [4.78, 5) is 0. The van der Waals surface area contributed by atoms with E-state index in [9.17, 15) is 4.39 Å². The van der Waals surface area contributed by atoms with Crippen LogP contribution in [0.5, 0.6) is 5.75 Å². The Bertz CT molecular complexity index is 535. The third-order valence-electron chi connectivity index (χ3n) is 2.41. The van der Waals surface area contributed by atoms with Crippen LogP contribution in [-0.2, 0) is 0 Å². The topological polar surface area (TPSA) is 9.23 Å². The zero-order chi connectivity index (χ0) is 12.4. The summed E-state index contributed by atoms with van der Waals surface area (Å²) in [6.45, 7) is 0. The van der Waals surface area contributed by atoms with Gasteiger partial charge in [0, 0.05) is 16.1 Å². The molecule has 17 heavy (non-hydrogen) atoms. The maximum Gasteiger partial charge on any atom is 0.132 e. The van der Waals surface area contributed by atoms with E-state index in [0.29, 0.717) is 21.4 Å². The van der Waals surface area contributed by atoms with Gasteiger partial charge in [-0.2, -0.15) is 0 Å². The van der Waals surface area contributed by atoms with Crippen LogP contribution in [-0.4, -0.2) is 7.11 Å². The largest absolute Gasteiger partial charge is 0.497 e. The van der Waals surface area contributed by atoms with E-state index in [0.717, 1.165) is 0 Å². The third-order valence-corrected chi connectivity index (χ3v) is 3.05. The molecular formula is C13H9Cl2FO. The van der Waals surface area contributed by atoms with Crippen molar-refractivity contribution in [2.24, 2.45) is 0 Å². The van der Waals surface area contributed by atoms with Crippen molar-refractivity contribution in [3.8, 4) is 16.9 Å². The summed E-state index contributed by atoms with van der Waals surface area (Å²) in [5.74, 6) is 0.191. The highest BCUT2D eigenvalue weighted by Crippen LogP contribution is 2.37. The predicted molar refractivity (Wildman–Crippen MR) is 68.4 cm³/mol. The van der Waals surface area contributed by atoms with Crippen molar-refractivity contribution >= 4 is 23.2 Å². The summed E-state index contributed by atoms with van der Waals surface area (Å²) in [5, 5.41) is 0.748. The Labute approximate surface area is 109 Å². The third kappa shape index (κ3) is 2.38. The molecule has 0 saturated heterocycles. The second kappa shape index (κ2) is 4.94. The van der Waals surface area contributed by atoms with Crippen molar-refractivity contribution in [3.63, 3.8) is 0 Å². The average Bonchev–Trinajstić information content (AvgIpc) is 2.31. The molecule has 0 aromatic heterocycles. The first-order valence-electron chi connectivity index (χ1n) is 4.91. The van der Waals surface area contributed by atoms with E-state index >= 15 is 0 Å². The molecule has 0 atom stereocenters. The summed E-state index contributed by atoms with van der Waals surface area (Å²) in [6, 6.07) is 9.54. The summed E-state index contributed by atoms with van der Waals surface area (Å²) < 4.78 is 18.9. The van der Waals surface area contributed by atoms with Crippen LogP contribution in [0, 0.1) is 5.82 Å². The van der Waals surface area contributed by atoms with Gasteiger partial charge in [-0.05, 0) is 30.3 Å². The SMILES string of the molecule is COc1ccc(Cl)c(-c2c(F)cccc2Cl)c1. The summed E-state index contributed by atoms with van der Waals surface area (Å²) >= 11 is 12.0. The molecule has 2 aromatic carbocycles. The molecule has 0 bridgehead atoms. The first-order valence-corrected chi connectivity index (χ1v) is 5.67. The number of ether oxygens (including phenoxy) is 1. The minimum absolute atomic E-state index is 0.290. The molecule has 0 N–H and O–H groups in total. The number of methoxy groups -OCH3 is 1. The van der Waals surface area contributed by atoms with Crippen LogP contribution in [0.1, 0.15) is 0 Å². The fourth-order valence-electron chi connectivity index (χ4n) is 1.58.